The quantitative estimate of drug-likeness (QED) is 0.908. The SMILES string of the molecule is C[C@]1(Cc2ccccc2)CC[C@H](c2c[nH]nn2)CC1. The second-order valence-corrected chi connectivity index (χ2v) is 6.15. The first-order valence-electron chi connectivity index (χ1n) is 7.15. The van der Waals surface area contributed by atoms with Gasteiger partial charge in [0.15, 0.2) is 0 Å². The fraction of sp³-hybridized carbons (Fsp3) is 0.500. The summed E-state index contributed by atoms with van der Waals surface area (Å²) in [5, 5.41) is 10.8. The van der Waals surface area contributed by atoms with Crippen LogP contribution in [0.15, 0.2) is 36.5 Å². The Morgan fingerprint density at radius 1 is 1.21 bits per heavy atom. The molecule has 100 valence electrons. The van der Waals surface area contributed by atoms with E-state index in [0.717, 1.165) is 5.69 Å². The van der Waals surface area contributed by atoms with Crippen molar-refractivity contribution in [2.24, 2.45) is 5.41 Å². The molecule has 1 aliphatic carbocycles. The molecule has 3 nitrogen and oxygen atoms in total. The number of aromatic amines is 1. The molecule has 0 saturated heterocycles. The number of rotatable bonds is 3. The summed E-state index contributed by atoms with van der Waals surface area (Å²) < 4.78 is 0. The van der Waals surface area contributed by atoms with Crippen LogP contribution in [0.5, 0.6) is 0 Å². The number of benzene rings is 1. The predicted molar refractivity (Wildman–Crippen MR) is 75.8 cm³/mol. The normalized spacial score (nSPS) is 27.3. The Hall–Kier alpha value is -1.64. The van der Waals surface area contributed by atoms with Gasteiger partial charge in [0.1, 0.15) is 0 Å². The molecule has 3 rings (SSSR count). The number of aromatic nitrogens is 3. The minimum absolute atomic E-state index is 0.446. The van der Waals surface area contributed by atoms with Crippen LogP contribution in [0.1, 0.15) is 49.8 Å². The van der Waals surface area contributed by atoms with Crippen molar-refractivity contribution in [2.75, 3.05) is 0 Å². The lowest BCUT2D eigenvalue weighted by atomic mass is 9.68. The zero-order valence-electron chi connectivity index (χ0n) is 11.5. The molecule has 2 aromatic rings. The molecule has 0 atom stereocenters. The van der Waals surface area contributed by atoms with Gasteiger partial charge in [-0.25, -0.2) is 0 Å². The van der Waals surface area contributed by atoms with E-state index < -0.39 is 0 Å². The topological polar surface area (TPSA) is 41.6 Å². The van der Waals surface area contributed by atoms with Crippen LogP contribution >= 0.6 is 0 Å². The predicted octanol–water partition coefficient (Wildman–Crippen LogP) is 3.71. The van der Waals surface area contributed by atoms with E-state index in [9.17, 15) is 0 Å². The van der Waals surface area contributed by atoms with E-state index in [-0.39, 0.29) is 0 Å². The summed E-state index contributed by atoms with van der Waals surface area (Å²) in [6.45, 7) is 2.43. The molecule has 1 heterocycles. The van der Waals surface area contributed by atoms with E-state index >= 15 is 0 Å². The molecule has 1 aliphatic rings. The van der Waals surface area contributed by atoms with Crippen LogP contribution in [-0.4, -0.2) is 15.4 Å². The Labute approximate surface area is 114 Å². The first-order chi connectivity index (χ1) is 9.25. The first-order valence-corrected chi connectivity index (χ1v) is 7.15. The van der Waals surface area contributed by atoms with Gasteiger partial charge in [-0.2, -0.15) is 0 Å². The molecule has 0 spiro atoms. The van der Waals surface area contributed by atoms with Gasteiger partial charge in [0, 0.05) is 12.1 Å². The standard InChI is InChI=1S/C16H21N3/c1-16(11-13-5-3-2-4-6-13)9-7-14(8-10-16)15-12-17-19-18-15/h2-6,12,14H,7-11H2,1H3,(H,17,18,19)/t14-,16-. The van der Waals surface area contributed by atoms with Gasteiger partial charge in [-0.3, -0.25) is 5.10 Å². The van der Waals surface area contributed by atoms with Crippen molar-refractivity contribution in [1.29, 1.82) is 0 Å². The van der Waals surface area contributed by atoms with Gasteiger partial charge in [0.25, 0.3) is 0 Å². The van der Waals surface area contributed by atoms with Crippen molar-refractivity contribution in [1.82, 2.24) is 15.4 Å². The molecule has 0 radical (unpaired) electrons. The summed E-state index contributed by atoms with van der Waals surface area (Å²) in [7, 11) is 0. The lowest BCUT2D eigenvalue weighted by Gasteiger charge is -2.37. The number of nitrogens with zero attached hydrogens (tertiary/aromatic N) is 2. The van der Waals surface area contributed by atoms with Crippen LogP contribution in [0.2, 0.25) is 0 Å². The lowest BCUT2D eigenvalue weighted by Crippen LogP contribution is -2.26. The molecule has 0 aliphatic heterocycles. The van der Waals surface area contributed by atoms with E-state index in [1.165, 1.54) is 37.7 Å². The summed E-state index contributed by atoms with van der Waals surface area (Å²) in [6.07, 6.45) is 8.16. The molecule has 3 heteroatoms. The van der Waals surface area contributed by atoms with E-state index in [0.29, 0.717) is 11.3 Å². The van der Waals surface area contributed by atoms with Crippen molar-refractivity contribution in [3.05, 3.63) is 47.8 Å². The molecule has 1 aromatic carbocycles. The highest BCUT2D eigenvalue weighted by molar-refractivity contribution is 5.17. The summed E-state index contributed by atoms with van der Waals surface area (Å²) in [6, 6.07) is 10.9. The zero-order chi connectivity index (χ0) is 13.1. The van der Waals surface area contributed by atoms with Crippen molar-refractivity contribution >= 4 is 0 Å². The second kappa shape index (κ2) is 5.16. The van der Waals surface area contributed by atoms with Gasteiger partial charge in [-0.05, 0) is 43.1 Å². The van der Waals surface area contributed by atoms with Gasteiger partial charge in [-0.15, -0.1) is 5.10 Å². The van der Waals surface area contributed by atoms with Crippen molar-refractivity contribution < 1.29 is 0 Å². The summed E-state index contributed by atoms with van der Waals surface area (Å²) in [5.41, 5.74) is 3.05. The Balaban J connectivity index is 1.62. The molecule has 1 saturated carbocycles. The van der Waals surface area contributed by atoms with E-state index in [1.807, 2.05) is 6.20 Å². The highest BCUT2D eigenvalue weighted by Crippen LogP contribution is 2.44. The molecule has 1 aromatic heterocycles. The molecular formula is C16H21N3. The highest BCUT2D eigenvalue weighted by atomic mass is 15.3. The van der Waals surface area contributed by atoms with Gasteiger partial charge in [0.2, 0.25) is 0 Å². The van der Waals surface area contributed by atoms with Crippen LogP contribution in [0.25, 0.3) is 0 Å². The highest BCUT2D eigenvalue weighted by Gasteiger charge is 2.32. The third-order valence-electron chi connectivity index (χ3n) is 4.52. The van der Waals surface area contributed by atoms with Gasteiger partial charge < -0.3 is 0 Å². The molecule has 1 N–H and O–H groups in total. The third kappa shape index (κ3) is 2.86. The fourth-order valence-corrected chi connectivity index (χ4v) is 3.29. The van der Waals surface area contributed by atoms with Gasteiger partial charge in [-0.1, -0.05) is 42.5 Å². The Morgan fingerprint density at radius 3 is 2.58 bits per heavy atom. The summed E-state index contributed by atoms with van der Waals surface area (Å²) in [5.74, 6) is 0.600. The number of hydrogen-bond acceptors (Lipinski definition) is 2. The Morgan fingerprint density at radius 2 is 1.95 bits per heavy atom. The van der Waals surface area contributed by atoms with Gasteiger partial charge >= 0.3 is 0 Å². The molecule has 0 amide bonds. The molecule has 1 fully saturated rings. The van der Waals surface area contributed by atoms with E-state index in [1.54, 1.807) is 0 Å². The second-order valence-electron chi connectivity index (χ2n) is 6.15. The van der Waals surface area contributed by atoms with Crippen LogP contribution in [0.3, 0.4) is 0 Å². The van der Waals surface area contributed by atoms with Crippen molar-refractivity contribution in [3.63, 3.8) is 0 Å². The molecular weight excluding hydrogens is 234 g/mol. The molecule has 0 unspecified atom stereocenters. The minimum Gasteiger partial charge on any atom is -0.265 e. The van der Waals surface area contributed by atoms with Gasteiger partial charge in [0.05, 0.1) is 5.69 Å². The third-order valence-corrected chi connectivity index (χ3v) is 4.52. The maximum absolute atomic E-state index is 4.17. The molecule has 0 bridgehead atoms. The average molecular weight is 255 g/mol. The average Bonchev–Trinajstić information content (AvgIpc) is 2.94. The Bertz CT molecular complexity index is 496. The smallest absolute Gasteiger partial charge is 0.0855 e. The largest absolute Gasteiger partial charge is 0.265 e. The van der Waals surface area contributed by atoms with Crippen LogP contribution in [0, 0.1) is 5.41 Å². The zero-order valence-corrected chi connectivity index (χ0v) is 11.5. The first kappa shape index (κ1) is 12.4. The minimum atomic E-state index is 0.446. The van der Waals surface area contributed by atoms with Crippen molar-refractivity contribution in [2.45, 2.75) is 44.9 Å². The number of nitrogens with one attached hydrogen (secondary N) is 1. The van der Waals surface area contributed by atoms with Crippen LogP contribution in [0.4, 0.5) is 0 Å². The summed E-state index contributed by atoms with van der Waals surface area (Å²) >= 11 is 0. The maximum Gasteiger partial charge on any atom is 0.0855 e. The molecule has 19 heavy (non-hydrogen) atoms. The fourth-order valence-electron chi connectivity index (χ4n) is 3.29. The van der Waals surface area contributed by atoms with Crippen LogP contribution in [-0.2, 0) is 6.42 Å². The van der Waals surface area contributed by atoms with Crippen molar-refractivity contribution in [3.8, 4) is 0 Å². The monoisotopic (exact) mass is 255 g/mol. The Kier molecular flexibility index (Phi) is 3.36. The number of hydrogen-bond donors (Lipinski definition) is 1. The lowest BCUT2D eigenvalue weighted by molar-refractivity contribution is 0.196. The van der Waals surface area contributed by atoms with E-state index in [2.05, 4.69) is 52.7 Å². The number of H-pyrrole nitrogens is 1. The van der Waals surface area contributed by atoms with Crippen LogP contribution < -0.4 is 0 Å². The summed E-state index contributed by atoms with van der Waals surface area (Å²) in [4.78, 5) is 0. The maximum atomic E-state index is 4.17. The van der Waals surface area contributed by atoms with E-state index in [4.69, 9.17) is 0 Å².